The van der Waals surface area contributed by atoms with E-state index in [1.807, 2.05) is 30.3 Å². The van der Waals surface area contributed by atoms with Gasteiger partial charge in [-0.25, -0.2) is 4.79 Å². The standard InChI is InChI=1S/C23H27N3O3/c27-20-19(14-24-23-11-16-8-17(12-23)10-18(9-16)13-23)21(28)26(22(29)25-20)7-6-15-4-2-1-3-5-15/h1-5,14,16-18,28H,6-13H2,(H,25,27,29). The predicted octanol–water partition coefficient (Wildman–Crippen LogP) is 2.87. The SMILES string of the molecule is O=c1[nH]c(=O)n(CCc2ccccc2)c(O)c1C=NC12CC3CC(CC(C3)C1)C2. The quantitative estimate of drug-likeness (QED) is 0.766. The molecule has 0 radical (unpaired) electrons. The first-order valence-electron chi connectivity index (χ1n) is 10.7. The lowest BCUT2D eigenvalue weighted by Crippen LogP contribution is -2.49. The molecule has 0 saturated heterocycles. The molecule has 0 aliphatic heterocycles. The molecule has 0 atom stereocenters. The molecule has 1 heterocycles. The van der Waals surface area contributed by atoms with Gasteiger partial charge in [-0.2, -0.15) is 0 Å². The van der Waals surface area contributed by atoms with Gasteiger partial charge >= 0.3 is 5.69 Å². The number of aromatic nitrogens is 2. The third-order valence-electron chi connectivity index (χ3n) is 7.15. The predicted molar refractivity (Wildman–Crippen MR) is 112 cm³/mol. The van der Waals surface area contributed by atoms with E-state index in [-0.39, 0.29) is 17.0 Å². The van der Waals surface area contributed by atoms with Crippen LogP contribution in [0.4, 0.5) is 0 Å². The summed E-state index contributed by atoms with van der Waals surface area (Å²) in [5, 5.41) is 10.7. The summed E-state index contributed by atoms with van der Waals surface area (Å²) in [7, 11) is 0. The number of benzene rings is 1. The second-order valence-electron chi connectivity index (χ2n) is 9.28. The van der Waals surface area contributed by atoms with E-state index in [0.29, 0.717) is 13.0 Å². The van der Waals surface area contributed by atoms with Crippen LogP contribution in [0.1, 0.15) is 49.7 Å². The number of aromatic hydroxyl groups is 1. The number of hydrogen-bond acceptors (Lipinski definition) is 4. The molecule has 29 heavy (non-hydrogen) atoms. The number of hydrogen-bond donors (Lipinski definition) is 2. The van der Waals surface area contributed by atoms with Crippen molar-refractivity contribution in [2.45, 2.75) is 57.0 Å². The Morgan fingerprint density at radius 2 is 1.69 bits per heavy atom. The van der Waals surface area contributed by atoms with Crippen molar-refractivity contribution >= 4 is 6.21 Å². The van der Waals surface area contributed by atoms with Crippen molar-refractivity contribution in [1.82, 2.24) is 9.55 Å². The van der Waals surface area contributed by atoms with Gasteiger partial charge in [-0.05, 0) is 68.3 Å². The first-order chi connectivity index (χ1) is 14.0. The Morgan fingerprint density at radius 3 is 2.31 bits per heavy atom. The van der Waals surface area contributed by atoms with Gasteiger partial charge in [0.25, 0.3) is 5.56 Å². The van der Waals surface area contributed by atoms with Gasteiger partial charge < -0.3 is 5.11 Å². The molecule has 0 amide bonds. The van der Waals surface area contributed by atoms with Crippen molar-refractivity contribution in [2.24, 2.45) is 22.7 Å². The van der Waals surface area contributed by atoms with Crippen LogP contribution in [0.15, 0.2) is 44.9 Å². The van der Waals surface area contributed by atoms with E-state index in [9.17, 15) is 14.7 Å². The van der Waals surface area contributed by atoms with Gasteiger partial charge in [0, 0.05) is 12.8 Å². The molecule has 0 spiro atoms. The number of aliphatic imine (C=N–C) groups is 1. The highest BCUT2D eigenvalue weighted by molar-refractivity contribution is 5.82. The molecule has 4 fully saturated rings. The van der Waals surface area contributed by atoms with E-state index in [0.717, 1.165) is 42.6 Å². The highest BCUT2D eigenvalue weighted by Crippen LogP contribution is 2.57. The molecule has 6 heteroatoms. The highest BCUT2D eigenvalue weighted by Gasteiger charge is 2.50. The molecule has 1 aromatic heterocycles. The third-order valence-corrected chi connectivity index (χ3v) is 7.15. The Kier molecular flexibility index (Phi) is 4.45. The fourth-order valence-electron chi connectivity index (χ4n) is 6.21. The molecule has 4 aliphatic carbocycles. The number of aryl methyl sites for hydroxylation is 1. The molecule has 152 valence electrons. The van der Waals surface area contributed by atoms with Crippen LogP contribution in [-0.4, -0.2) is 26.4 Å². The second-order valence-corrected chi connectivity index (χ2v) is 9.28. The van der Waals surface area contributed by atoms with Crippen LogP contribution < -0.4 is 11.2 Å². The van der Waals surface area contributed by atoms with Crippen LogP contribution in [0.2, 0.25) is 0 Å². The molecule has 4 bridgehead atoms. The van der Waals surface area contributed by atoms with E-state index >= 15 is 0 Å². The Balaban J connectivity index is 1.42. The van der Waals surface area contributed by atoms with Crippen LogP contribution >= 0.6 is 0 Å². The zero-order valence-corrected chi connectivity index (χ0v) is 16.5. The summed E-state index contributed by atoms with van der Waals surface area (Å²) >= 11 is 0. The number of nitrogens with one attached hydrogen (secondary N) is 1. The zero-order chi connectivity index (χ0) is 20.0. The zero-order valence-electron chi connectivity index (χ0n) is 16.5. The molecular formula is C23H27N3O3. The summed E-state index contributed by atoms with van der Waals surface area (Å²) in [5.74, 6) is 1.98. The third kappa shape index (κ3) is 3.45. The maximum Gasteiger partial charge on any atom is 0.331 e. The fraction of sp³-hybridized carbons (Fsp3) is 0.522. The Bertz CT molecular complexity index is 1020. The van der Waals surface area contributed by atoms with Crippen LogP contribution in [0, 0.1) is 17.8 Å². The maximum absolute atomic E-state index is 12.4. The number of aromatic amines is 1. The first kappa shape index (κ1) is 18.4. The number of nitrogens with zero attached hydrogens (tertiary/aromatic N) is 2. The number of rotatable bonds is 5. The van der Waals surface area contributed by atoms with Crippen molar-refractivity contribution in [3.05, 3.63) is 62.3 Å². The Morgan fingerprint density at radius 1 is 1.07 bits per heavy atom. The second kappa shape index (κ2) is 7.01. The lowest BCUT2D eigenvalue weighted by atomic mass is 9.53. The van der Waals surface area contributed by atoms with Gasteiger partial charge in [-0.15, -0.1) is 0 Å². The minimum atomic E-state index is -0.588. The van der Waals surface area contributed by atoms with E-state index in [2.05, 4.69) is 4.98 Å². The van der Waals surface area contributed by atoms with E-state index in [1.54, 1.807) is 0 Å². The van der Waals surface area contributed by atoms with Gasteiger partial charge in [-0.3, -0.25) is 19.3 Å². The summed E-state index contributed by atoms with van der Waals surface area (Å²) < 4.78 is 1.23. The Hall–Kier alpha value is -2.63. The normalized spacial score (nSPS) is 30.3. The molecule has 6 rings (SSSR count). The van der Waals surface area contributed by atoms with Crippen molar-refractivity contribution in [3.63, 3.8) is 0 Å². The lowest BCUT2D eigenvalue weighted by molar-refractivity contribution is 0.00194. The minimum absolute atomic E-state index is 0.0847. The summed E-state index contributed by atoms with van der Waals surface area (Å²) in [6.07, 6.45) is 9.35. The molecule has 1 aromatic carbocycles. The van der Waals surface area contributed by atoms with E-state index in [4.69, 9.17) is 4.99 Å². The maximum atomic E-state index is 12.4. The van der Waals surface area contributed by atoms with Crippen molar-refractivity contribution in [2.75, 3.05) is 0 Å². The summed E-state index contributed by atoms with van der Waals surface area (Å²) in [5.41, 5.74) is -0.0898. The molecular weight excluding hydrogens is 366 g/mol. The highest BCUT2D eigenvalue weighted by atomic mass is 16.3. The average Bonchev–Trinajstić information content (AvgIpc) is 2.67. The van der Waals surface area contributed by atoms with Gasteiger partial charge in [0.1, 0.15) is 5.56 Å². The van der Waals surface area contributed by atoms with Gasteiger partial charge in [0.2, 0.25) is 5.88 Å². The molecule has 2 N–H and O–H groups in total. The van der Waals surface area contributed by atoms with Crippen molar-refractivity contribution in [1.29, 1.82) is 0 Å². The molecule has 0 unspecified atom stereocenters. The van der Waals surface area contributed by atoms with Gasteiger partial charge in [0.15, 0.2) is 0 Å². The first-order valence-corrected chi connectivity index (χ1v) is 10.7. The van der Waals surface area contributed by atoms with Crippen molar-refractivity contribution in [3.8, 4) is 5.88 Å². The Labute approximate surface area is 169 Å². The number of H-pyrrole nitrogens is 1. The van der Waals surface area contributed by atoms with Crippen LogP contribution in [0.25, 0.3) is 0 Å². The lowest BCUT2D eigenvalue weighted by Gasteiger charge is -2.54. The monoisotopic (exact) mass is 393 g/mol. The van der Waals surface area contributed by atoms with E-state index < -0.39 is 11.2 Å². The molecule has 6 nitrogen and oxygen atoms in total. The van der Waals surface area contributed by atoms with Crippen LogP contribution in [-0.2, 0) is 13.0 Å². The topological polar surface area (TPSA) is 87.5 Å². The van der Waals surface area contributed by atoms with Crippen LogP contribution in [0.3, 0.4) is 0 Å². The molecule has 4 saturated carbocycles. The summed E-state index contributed by atoms with van der Waals surface area (Å²) in [6.45, 7) is 0.295. The summed E-state index contributed by atoms with van der Waals surface area (Å²) in [6, 6.07) is 9.77. The van der Waals surface area contributed by atoms with E-state index in [1.165, 1.54) is 30.0 Å². The largest absolute Gasteiger partial charge is 0.494 e. The minimum Gasteiger partial charge on any atom is -0.494 e. The average molecular weight is 393 g/mol. The molecule has 4 aliphatic rings. The van der Waals surface area contributed by atoms with Gasteiger partial charge in [0.05, 0.1) is 5.54 Å². The summed E-state index contributed by atoms with van der Waals surface area (Å²) in [4.78, 5) is 31.9. The van der Waals surface area contributed by atoms with Crippen molar-refractivity contribution < 1.29 is 5.11 Å². The van der Waals surface area contributed by atoms with Crippen LogP contribution in [0.5, 0.6) is 5.88 Å². The fourth-order valence-corrected chi connectivity index (χ4v) is 6.21. The van der Waals surface area contributed by atoms with Gasteiger partial charge in [-0.1, -0.05) is 30.3 Å². The smallest absolute Gasteiger partial charge is 0.331 e. The molecule has 2 aromatic rings.